The summed E-state index contributed by atoms with van der Waals surface area (Å²) < 4.78 is 5.20. The minimum absolute atomic E-state index is 0.147. The van der Waals surface area contributed by atoms with Crippen molar-refractivity contribution in [2.24, 2.45) is 5.10 Å². The molecule has 0 heterocycles. The number of hydrogen-bond donors (Lipinski definition) is 2. The number of amides is 2. The number of carbonyl (C=O) groups is 3. The molecular formula is C18H15ClN3O5-. The number of ether oxygens (including phenoxy) is 1. The number of anilines is 1. The van der Waals surface area contributed by atoms with Crippen LogP contribution in [0.5, 0.6) is 5.75 Å². The average molecular weight is 389 g/mol. The largest absolute Gasteiger partial charge is 0.545 e. The van der Waals surface area contributed by atoms with Crippen molar-refractivity contribution in [2.75, 3.05) is 11.9 Å². The van der Waals surface area contributed by atoms with Crippen LogP contribution in [-0.2, 0) is 9.59 Å². The van der Waals surface area contributed by atoms with Crippen molar-refractivity contribution in [1.82, 2.24) is 5.43 Å². The number of carboxylic acids is 1. The van der Waals surface area contributed by atoms with Crippen molar-refractivity contribution in [3.8, 4) is 5.75 Å². The summed E-state index contributed by atoms with van der Waals surface area (Å²) in [6.07, 6.45) is 1.19. The second-order valence-electron chi connectivity index (χ2n) is 5.14. The minimum Gasteiger partial charge on any atom is -0.545 e. The van der Waals surface area contributed by atoms with E-state index in [0.29, 0.717) is 22.9 Å². The number of nitrogens with one attached hydrogen (secondary N) is 2. The quantitative estimate of drug-likeness (QED) is 0.437. The van der Waals surface area contributed by atoms with E-state index in [1.54, 1.807) is 31.2 Å². The fourth-order valence-corrected chi connectivity index (χ4v) is 2.23. The molecule has 140 valence electrons. The van der Waals surface area contributed by atoms with Gasteiger partial charge in [0.25, 0.3) is 0 Å². The van der Waals surface area contributed by atoms with E-state index in [1.807, 2.05) is 5.43 Å². The summed E-state index contributed by atoms with van der Waals surface area (Å²) in [5.74, 6) is -3.17. The van der Waals surface area contributed by atoms with Crippen LogP contribution in [0.25, 0.3) is 0 Å². The van der Waals surface area contributed by atoms with E-state index in [-0.39, 0.29) is 11.3 Å². The molecule has 2 aromatic carbocycles. The monoisotopic (exact) mass is 388 g/mol. The number of rotatable bonds is 6. The van der Waals surface area contributed by atoms with Gasteiger partial charge in [0.2, 0.25) is 0 Å². The topological polar surface area (TPSA) is 120 Å². The van der Waals surface area contributed by atoms with E-state index in [9.17, 15) is 19.5 Å². The van der Waals surface area contributed by atoms with Crippen molar-refractivity contribution in [2.45, 2.75) is 6.92 Å². The first kappa shape index (κ1) is 19.9. The van der Waals surface area contributed by atoms with Gasteiger partial charge in [-0.15, -0.1) is 0 Å². The van der Waals surface area contributed by atoms with Gasteiger partial charge < -0.3 is 20.0 Å². The van der Waals surface area contributed by atoms with Gasteiger partial charge in [-0.3, -0.25) is 9.59 Å². The Balaban J connectivity index is 1.99. The molecule has 0 saturated carbocycles. The number of carboxylic acid groups (broad SMARTS) is 1. The van der Waals surface area contributed by atoms with E-state index in [0.717, 1.165) is 0 Å². The van der Waals surface area contributed by atoms with Crippen LogP contribution in [0.1, 0.15) is 22.8 Å². The van der Waals surface area contributed by atoms with Gasteiger partial charge in [-0.05, 0) is 48.9 Å². The molecule has 0 aliphatic heterocycles. The standard InChI is InChI=1S/C18H16ClN3O5/c1-2-27-15-7-6-11(8-14(15)18(25)26)10-20-22-17(24)16(23)21-13-5-3-4-12(19)9-13/h3-10H,2H2,1H3,(H,21,23)(H,22,24)(H,25,26)/p-1/b20-10-. The first-order valence-electron chi connectivity index (χ1n) is 7.79. The molecule has 0 fully saturated rings. The Morgan fingerprint density at radius 2 is 1.96 bits per heavy atom. The number of halogens is 1. The van der Waals surface area contributed by atoms with Crippen LogP contribution < -0.4 is 20.6 Å². The molecule has 0 bridgehead atoms. The van der Waals surface area contributed by atoms with E-state index >= 15 is 0 Å². The van der Waals surface area contributed by atoms with E-state index in [1.165, 1.54) is 24.4 Å². The Labute approximate surface area is 159 Å². The lowest BCUT2D eigenvalue weighted by Gasteiger charge is -2.11. The fraction of sp³-hybridized carbons (Fsp3) is 0.111. The molecule has 9 heteroatoms. The van der Waals surface area contributed by atoms with Crippen LogP contribution in [-0.4, -0.2) is 30.6 Å². The van der Waals surface area contributed by atoms with Crippen molar-refractivity contribution < 1.29 is 24.2 Å². The highest BCUT2D eigenvalue weighted by Gasteiger charge is 2.13. The molecule has 0 spiro atoms. The zero-order valence-corrected chi connectivity index (χ0v) is 14.9. The summed E-state index contributed by atoms with van der Waals surface area (Å²) in [6, 6.07) is 10.6. The molecule has 8 nitrogen and oxygen atoms in total. The third kappa shape index (κ3) is 5.82. The number of benzene rings is 2. The van der Waals surface area contributed by atoms with Crippen LogP contribution in [0.4, 0.5) is 5.69 Å². The van der Waals surface area contributed by atoms with Crippen LogP contribution >= 0.6 is 11.6 Å². The summed E-state index contributed by atoms with van der Waals surface area (Å²) in [7, 11) is 0. The summed E-state index contributed by atoms with van der Waals surface area (Å²) in [5, 5.41) is 17.6. The molecule has 0 saturated heterocycles. The normalized spacial score (nSPS) is 10.4. The van der Waals surface area contributed by atoms with E-state index < -0.39 is 17.8 Å². The molecule has 2 N–H and O–H groups in total. The maximum atomic E-state index is 11.8. The van der Waals surface area contributed by atoms with Crippen molar-refractivity contribution >= 4 is 41.3 Å². The Kier molecular flexibility index (Phi) is 6.90. The zero-order valence-electron chi connectivity index (χ0n) is 14.2. The Hall–Kier alpha value is -3.39. The van der Waals surface area contributed by atoms with Crippen LogP contribution in [0, 0.1) is 0 Å². The maximum Gasteiger partial charge on any atom is 0.329 e. The third-order valence-electron chi connectivity index (χ3n) is 3.19. The summed E-state index contributed by atoms with van der Waals surface area (Å²) in [5.41, 5.74) is 2.62. The van der Waals surface area contributed by atoms with Gasteiger partial charge in [0.15, 0.2) is 0 Å². The summed E-state index contributed by atoms with van der Waals surface area (Å²) in [6.45, 7) is 2.02. The Morgan fingerprint density at radius 1 is 1.19 bits per heavy atom. The molecule has 0 unspecified atom stereocenters. The second kappa shape index (κ2) is 9.35. The molecule has 0 aromatic heterocycles. The molecule has 2 amide bonds. The van der Waals surface area contributed by atoms with Gasteiger partial charge in [0.05, 0.1) is 18.8 Å². The minimum atomic E-state index is -1.40. The smallest absolute Gasteiger partial charge is 0.329 e. The zero-order chi connectivity index (χ0) is 19.8. The second-order valence-corrected chi connectivity index (χ2v) is 5.58. The van der Waals surface area contributed by atoms with Crippen molar-refractivity contribution in [3.05, 3.63) is 58.6 Å². The van der Waals surface area contributed by atoms with Gasteiger partial charge >= 0.3 is 11.8 Å². The summed E-state index contributed by atoms with van der Waals surface area (Å²) in [4.78, 5) is 34.7. The number of hydrogen-bond acceptors (Lipinski definition) is 6. The maximum absolute atomic E-state index is 11.8. The Morgan fingerprint density at radius 3 is 2.63 bits per heavy atom. The lowest BCUT2D eigenvalue weighted by atomic mass is 10.1. The third-order valence-corrected chi connectivity index (χ3v) is 3.43. The van der Waals surface area contributed by atoms with Crippen molar-refractivity contribution in [3.63, 3.8) is 0 Å². The molecule has 0 atom stereocenters. The number of hydrazone groups is 1. The van der Waals surface area contributed by atoms with Gasteiger partial charge in [-0.1, -0.05) is 17.7 Å². The SMILES string of the molecule is CCOc1ccc(/C=N\NC(=O)C(=O)Nc2cccc(Cl)c2)cc1C(=O)[O-]. The number of nitrogens with zero attached hydrogens (tertiary/aromatic N) is 1. The molecular weight excluding hydrogens is 374 g/mol. The van der Waals surface area contributed by atoms with Gasteiger partial charge in [-0.25, -0.2) is 5.43 Å². The highest BCUT2D eigenvalue weighted by Crippen LogP contribution is 2.19. The molecule has 27 heavy (non-hydrogen) atoms. The lowest BCUT2D eigenvalue weighted by Crippen LogP contribution is -2.32. The number of aromatic carboxylic acids is 1. The van der Waals surface area contributed by atoms with E-state index in [2.05, 4.69) is 10.4 Å². The highest BCUT2D eigenvalue weighted by molar-refractivity contribution is 6.39. The van der Waals surface area contributed by atoms with Gasteiger partial charge in [0.1, 0.15) is 5.75 Å². The van der Waals surface area contributed by atoms with Gasteiger partial charge in [-0.2, -0.15) is 5.10 Å². The molecule has 2 aromatic rings. The van der Waals surface area contributed by atoms with Crippen LogP contribution in [0.3, 0.4) is 0 Å². The molecule has 2 rings (SSSR count). The summed E-state index contributed by atoms with van der Waals surface area (Å²) >= 11 is 5.79. The number of carbonyl (C=O) groups excluding carboxylic acids is 3. The first-order chi connectivity index (χ1) is 12.9. The van der Waals surface area contributed by atoms with E-state index in [4.69, 9.17) is 16.3 Å². The predicted octanol–water partition coefficient (Wildman–Crippen LogP) is 1.19. The average Bonchev–Trinajstić information content (AvgIpc) is 2.62. The van der Waals surface area contributed by atoms with Crippen LogP contribution in [0.2, 0.25) is 5.02 Å². The fourth-order valence-electron chi connectivity index (χ4n) is 2.04. The Bertz CT molecular complexity index is 898. The molecule has 0 aliphatic carbocycles. The predicted molar refractivity (Wildman–Crippen MR) is 97.8 cm³/mol. The van der Waals surface area contributed by atoms with Crippen LogP contribution in [0.15, 0.2) is 47.6 Å². The lowest BCUT2D eigenvalue weighted by molar-refractivity contribution is -0.255. The van der Waals surface area contributed by atoms with Gasteiger partial charge in [0, 0.05) is 16.3 Å². The van der Waals surface area contributed by atoms with Crippen molar-refractivity contribution in [1.29, 1.82) is 0 Å². The molecule has 0 aliphatic rings. The first-order valence-corrected chi connectivity index (χ1v) is 8.16. The molecule has 0 radical (unpaired) electrons. The highest BCUT2D eigenvalue weighted by atomic mass is 35.5.